The van der Waals surface area contributed by atoms with Gasteiger partial charge in [0.2, 0.25) is 13.4 Å². The molecule has 0 spiro atoms. The van der Waals surface area contributed by atoms with Gasteiger partial charge in [0, 0.05) is 0 Å². The van der Waals surface area contributed by atoms with Crippen molar-refractivity contribution in [1.29, 1.82) is 0 Å². The van der Waals surface area contributed by atoms with E-state index in [2.05, 4.69) is 173 Å². The Kier molecular flexibility index (Phi) is 6.43. The zero-order valence-electron chi connectivity index (χ0n) is 29.0. The highest BCUT2D eigenvalue weighted by Gasteiger charge is 2.36. The topological polar surface area (TPSA) is 0 Å². The first-order valence-corrected chi connectivity index (χ1v) is 17.9. The summed E-state index contributed by atoms with van der Waals surface area (Å²) in [5.74, 6) is 0. The molecule has 234 valence electrons. The maximum absolute atomic E-state index is 2.41. The van der Waals surface area contributed by atoms with Crippen LogP contribution in [0, 0.1) is 0 Å². The standard InChI is InChI=1S/C48H36B2/c1-29(2)45-33-13-5-9-17-39(33)49(40-18-10-6-14-34(40)45)43-27-23-31-22-26-38-44(28-24-32-21-25-37(43)47(31)48(32)38)50-41-19-11-7-15-35(41)46(30(3)4)36-16-8-12-20-42(36)50/h5-28H,1-4H3. The van der Waals surface area contributed by atoms with Crippen molar-refractivity contribution >= 4 is 89.7 Å². The fourth-order valence-electron chi connectivity index (χ4n) is 9.63. The van der Waals surface area contributed by atoms with E-state index >= 15 is 0 Å². The molecule has 0 amide bonds. The first-order valence-electron chi connectivity index (χ1n) is 17.9. The van der Waals surface area contributed by atoms with Gasteiger partial charge >= 0.3 is 0 Å². The lowest BCUT2D eigenvalue weighted by Crippen LogP contribution is -2.57. The Bertz CT molecular complexity index is 2460. The molecular weight excluding hydrogens is 598 g/mol. The molecule has 0 radical (unpaired) electrons. The third-order valence-corrected chi connectivity index (χ3v) is 11.5. The predicted molar refractivity (Wildman–Crippen MR) is 220 cm³/mol. The Morgan fingerprint density at radius 1 is 0.320 bits per heavy atom. The zero-order chi connectivity index (χ0) is 33.7. The number of allylic oxidation sites excluding steroid dienone is 2. The highest BCUT2D eigenvalue weighted by Crippen LogP contribution is 2.36. The van der Waals surface area contributed by atoms with Crippen LogP contribution in [-0.2, 0) is 0 Å². The van der Waals surface area contributed by atoms with Crippen LogP contribution >= 0.6 is 0 Å². The summed E-state index contributed by atoms with van der Waals surface area (Å²) in [6.07, 6.45) is 0. The predicted octanol–water partition coefficient (Wildman–Crippen LogP) is 7.93. The monoisotopic (exact) mass is 634 g/mol. The van der Waals surface area contributed by atoms with E-state index in [4.69, 9.17) is 0 Å². The van der Waals surface area contributed by atoms with E-state index in [1.165, 1.54) is 110 Å². The van der Waals surface area contributed by atoms with Gasteiger partial charge in [0.1, 0.15) is 0 Å². The number of hydrogen-bond donors (Lipinski definition) is 0. The molecule has 8 aromatic carbocycles. The van der Waals surface area contributed by atoms with Crippen LogP contribution in [0.5, 0.6) is 0 Å². The number of rotatable bonds is 2. The van der Waals surface area contributed by atoms with Gasteiger partial charge in [0.25, 0.3) is 0 Å². The average molecular weight is 634 g/mol. The zero-order valence-corrected chi connectivity index (χ0v) is 29.0. The van der Waals surface area contributed by atoms with Crippen LogP contribution in [0.3, 0.4) is 0 Å². The van der Waals surface area contributed by atoms with Crippen molar-refractivity contribution in [1.82, 2.24) is 0 Å². The molecule has 2 heteroatoms. The molecule has 0 unspecified atom stereocenters. The molecule has 0 saturated carbocycles. The highest BCUT2D eigenvalue weighted by atomic mass is 14.2. The molecule has 0 atom stereocenters. The molecule has 2 aliphatic heterocycles. The molecule has 0 N–H and O–H groups in total. The lowest BCUT2D eigenvalue weighted by atomic mass is 9.32. The quantitative estimate of drug-likeness (QED) is 0.134. The van der Waals surface area contributed by atoms with Gasteiger partial charge in [0.05, 0.1) is 0 Å². The molecule has 50 heavy (non-hydrogen) atoms. The van der Waals surface area contributed by atoms with Crippen LogP contribution in [0.25, 0.3) is 43.5 Å². The van der Waals surface area contributed by atoms with Gasteiger partial charge in [-0.1, -0.05) is 190 Å². The second-order valence-electron chi connectivity index (χ2n) is 14.7. The van der Waals surface area contributed by atoms with Gasteiger partial charge in [-0.3, -0.25) is 0 Å². The van der Waals surface area contributed by atoms with Crippen molar-refractivity contribution in [3.8, 4) is 0 Å². The van der Waals surface area contributed by atoms with E-state index in [1.807, 2.05) is 0 Å². The highest BCUT2D eigenvalue weighted by molar-refractivity contribution is 6.99. The fraction of sp³-hybridized carbons (Fsp3) is 0.0833. The summed E-state index contributed by atoms with van der Waals surface area (Å²) >= 11 is 0. The molecular formula is C48H36B2. The third-order valence-electron chi connectivity index (χ3n) is 11.5. The van der Waals surface area contributed by atoms with Crippen molar-refractivity contribution in [2.75, 3.05) is 0 Å². The van der Waals surface area contributed by atoms with E-state index in [0.717, 1.165) is 0 Å². The van der Waals surface area contributed by atoms with Crippen molar-refractivity contribution in [3.05, 3.63) is 179 Å². The molecule has 2 aliphatic rings. The van der Waals surface area contributed by atoms with Crippen molar-refractivity contribution < 1.29 is 0 Å². The SMILES string of the molecule is CC(C)=C1c2ccccc2B(c2ccc3ccc4c(B5c6ccccc6C(=C(C)C)c6ccccc65)ccc5ccc2c3c54)c2ccccc21. The van der Waals surface area contributed by atoms with Gasteiger partial charge in [-0.15, -0.1) is 0 Å². The number of fused-ring (bicyclic) bond motifs is 4. The minimum absolute atomic E-state index is 0.147. The third kappa shape index (κ3) is 4.03. The summed E-state index contributed by atoms with van der Waals surface area (Å²) < 4.78 is 0. The van der Waals surface area contributed by atoms with Crippen molar-refractivity contribution in [2.24, 2.45) is 0 Å². The number of hydrogen-bond acceptors (Lipinski definition) is 0. The summed E-state index contributed by atoms with van der Waals surface area (Å²) in [6.45, 7) is 9.30. The first-order chi connectivity index (χ1) is 24.5. The van der Waals surface area contributed by atoms with Gasteiger partial charge in [-0.2, -0.15) is 0 Å². The average Bonchev–Trinajstić information content (AvgIpc) is 3.14. The molecule has 0 saturated heterocycles. The minimum atomic E-state index is 0.147. The first kappa shape index (κ1) is 29.3. The lowest BCUT2D eigenvalue weighted by molar-refractivity contribution is 1.37. The van der Waals surface area contributed by atoms with Crippen LogP contribution in [0.1, 0.15) is 49.9 Å². The molecule has 2 heterocycles. The van der Waals surface area contributed by atoms with E-state index < -0.39 is 0 Å². The van der Waals surface area contributed by atoms with Gasteiger partial charge in [-0.05, 0) is 93.4 Å². The summed E-state index contributed by atoms with van der Waals surface area (Å²) in [6, 6.07) is 55.4. The molecule has 0 aromatic heterocycles. The van der Waals surface area contributed by atoms with Crippen LogP contribution in [0.2, 0.25) is 0 Å². The lowest BCUT2D eigenvalue weighted by Gasteiger charge is -2.31. The molecule has 8 aromatic rings. The smallest absolute Gasteiger partial charge is 0.0680 e. The maximum atomic E-state index is 2.41. The second kappa shape index (κ2) is 11.0. The minimum Gasteiger partial charge on any atom is -0.0680 e. The Hall–Kier alpha value is -5.59. The summed E-state index contributed by atoms with van der Waals surface area (Å²) in [4.78, 5) is 0. The Morgan fingerprint density at radius 3 is 0.940 bits per heavy atom. The van der Waals surface area contributed by atoms with Gasteiger partial charge < -0.3 is 0 Å². The van der Waals surface area contributed by atoms with Crippen LogP contribution in [-0.4, -0.2) is 13.4 Å². The van der Waals surface area contributed by atoms with Crippen LogP contribution in [0.4, 0.5) is 0 Å². The van der Waals surface area contributed by atoms with E-state index in [1.54, 1.807) is 0 Å². The normalized spacial score (nSPS) is 13.4. The van der Waals surface area contributed by atoms with E-state index in [-0.39, 0.29) is 13.4 Å². The summed E-state index contributed by atoms with van der Waals surface area (Å²) in [5, 5.41) is 8.07. The second-order valence-corrected chi connectivity index (χ2v) is 14.7. The largest absolute Gasteiger partial charge is 0.243 e. The summed E-state index contributed by atoms with van der Waals surface area (Å²) in [7, 11) is 0. The maximum Gasteiger partial charge on any atom is 0.243 e. The van der Waals surface area contributed by atoms with Crippen LogP contribution < -0.4 is 32.8 Å². The Labute approximate surface area is 295 Å². The molecule has 0 bridgehead atoms. The van der Waals surface area contributed by atoms with Gasteiger partial charge in [-0.25, -0.2) is 0 Å². The molecule has 0 aliphatic carbocycles. The van der Waals surface area contributed by atoms with Gasteiger partial charge in [0.15, 0.2) is 0 Å². The number of benzene rings is 8. The fourth-order valence-corrected chi connectivity index (χ4v) is 9.63. The van der Waals surface area contributed by atoms with Crippen molar-refractivity contribution in [3.63, 3.8) is 0 Å². The molecule has 0 fully saturated rings. The molecule has 10 rings (SSSR count). The molecule has 0 nitrogen and oxygen atoms in total. The summed E-state index contributed by atoms with van der Waals surface area (Å²) in [5.41, 5.74) is 19.2. The Morgan fingerprint density at radius 2 is 0.620 bits per heavy atom. The Balaban J connectivity index is 1.26. The van der Waals surface area contributed by atoms with E-state index in [9.17, 15) is 0 Å². The van der Waals surface area contributed by atoms with Crippen molar-refractivity contribution in [2.45, 2.75) is 27.7 Å². The van der Waals surface area contributed by atoms with E-state index in [0.29, 0.717) is 0 Å². The van der Waals surface area contributed by atoms with Crippen LogP contribution in [0.15, 0.2) is 157 Å².